The molecule has 0 spiro atoms. The molecule has 1 aromatic rings. The predicted molar refractivity (Wildman–Crippen MR) is 83.6 cm³/mol. The van der Waals surface area contributed by atoms with Crippen LogP contribution in [0.1, 0.15) is 24.2 Å². The number of halogens is 1. The smallest absolute Gasteiger partial charge is 0.261 e. The van der Waals surface area contributed by atoms with Gasteiger partial charge in [-0.1, -0.05) is 29.8 Å². The van der Waals surface area contributed by atoms with Crippen molar-refractivity contribution in [3.05, 3.63) is 28.2 Å². The number of nitrogens with one attached hydrogen (secondary N) is 2. The molecule has 0 heterocycles. The number of carbonyl (C=O) groups excluding carboxylic acids is 1. The Morgan fingerprint density at radius 3 is 2.74 bits per heavy atom. The average molecular weight is 345 g/mol. The summed E-state index contributed by atoms with van der Waals surface area (Å²) in [4.78, 5) is 12.1. The van der Waals surface area contributed by atoms with Crippen LogP contribution in [0.4, 0.5) is 0 Å². The molecule has 0 radical (unpaired) electrons. The number of benzene rings is 1. The molecule has 1 rings (SSSR count). The third-order valence-electron chi connectivity index (χ3n) is 2.21. The van der Waals surface area contributed by atoms with Crippen molar-refractivity contribution in [2.45, 2.75) is 13.8 Å². The van der Waals surface area contributed by atoms with Gasteiger partial charge in [-0.3, -0.25) is 10.1 Å². The summed E-state index contributed by atoms with van der Waals surface area (Å²) in [5.41, 5.74) is 0.452. The van der Waals surface area contributed by atoms with Crippen LogP contribution in [0.2, 0.25) is 0 Å². The molecule has 0 atom stereocenters. The average Bonchev–Trinajstić information content (AvgIpc) is 2.36. The summed E-state index contributed by atoms with van der Waals surface area (Å²) in [6, 6.07) is 5.32. The van der Waals surface area contributed by atoms with Crippen LogP contribution in [0.15, 0.2) is 22.7 Å². The second-order valence-electron chi connectivity index (χ2n) is 4.38. The van der Waals surface area contributed by atoms with E-state index in [9.17, 15) is 4.79 Å². The first-order valence-electron chi connectivity index (χ1n) is 5.89. The molecule has 4 nitrogen and oxygen atoms in total. The topological polar surface area (TPSA) is 50.4 Å². The highest BCUT2D eigenvalue weighted by Crippen LogP contribution is 2.23. The molecule has 0 fully saturated rings. The maximum Gasteiger partial charge on any atom is 0.261 e. The summed E-state index contributed by atoms with van der Waals surface area (Å²) in [7, 11) is 1.65. The van der Waals surface area contributed by atoms with E-state index in [1.807, 2.05) is 6.07 Å². The van der Waals surface area contributed by atoms with Crippen molar-refractivity contribution in [3.63, 3.8) is 0 Å². The number of ether oxygens (including phenoxy) is 1. The Kier molecular flexibility index (Phi) is 6.24. The van der Waals surface area contributed by atoms with Gasteiger partial charge in [-0.05, 0) is 36.3 Å². The van der Waals surface area contributed by atoms with Gasteiger partial charge in [-0.15, -0.1) is 0 Å². The Bertz CT molecular complexity index is 478. The summed E-state index contributed by atoms with van der Waals surface area (Å²) in [6.07, 6.45) is 0. The second-order valence-corrected chi connectivity index (χ2v) is 5.70. The zero-order valence-corrected chi connectivity index (χ0v) is 13.5. The van der Waals surface area contributed by atoms with Crippen LogP contribution in [-0.2, 0) is 0 Å². The molecule has 0 unspecified atom stereocenters. The van der Waals surface area contributed by atoms with Crippen LogP contribution >= 0.6 is 28.1 Å². The fourth-order valence-corrected chi connectivity index (χ4v) is 1.75. The van der Waals surface area contributed by atoms with E-state index in [0.717, 1.165) is 4.47 Å². The molecule has 104 valence electrons. The molecule has 2 N–H and O–H groups in total. The lowest BCUT2D eigenvalue weighted by Gasteiger charge is -2.13. The lowest BCUT2D eigenvalue weighted by atomic mass is 10.2. The SMILES string of the molecule is CNC(=S)NC(=O)c1cc(Br)ccc1OCC(C)C. The highest BCUT2D eigenvalue weighted by Gasteiger charge is 2.14. The van der Waals surface area contributed by atoms with E-state index < -0.39 is 0 Å². The fourth-order valence-electron chi connectivity index (χ4n) is 1.29. The van der Waals surface area contributed by atoms with Crippen molar-refractivity contribution in [1.29, 1.82) is 0 Å². The lowest BCUT2D eigenvalue weighted by Crippen LogP contribution is -2.37. The van der Waals surface area contributed by atoms with Gasteiger partial charge in [0.25, 0.3) is 5.91 Å². The standard InChI is InChI=1S/C13H17BrN2O2S/c1-8(2)7-18-11-5-4-9(14)6-10(11)12(17)16-13(19)15-3/h4-6,8H,7H2,1-3H3,(H2,15,16,17,19). The minimum atomic E-state index is -0.292. The summed E-state index contributed by atoms with van der Waals surface area (Å²) in [6.45, 7) is 4.65. The molecule has 0 aliphatic heterocycles. The van der Waals surface area contributed by atoms with Crippen LogP contribution in [0.25, 0.3) is 0 Å². The molecule has 0 aliphatic carbocycles. The zero-order chi connectivity index (χ0) is 14.4. The molecular formula is C13H17BrN2O2S. The van der Waals surface area contributed by atoms with Crippen molar-refractivity contribution >= 4 is 39.2 Å². The predicted octanol–water partition coefficient (Wildman–Crippen LogP) is 2.72. The third kappa shape index (κ3) is 5.16. The summed E-state index contributed by atoms with van der Waals surface area (Å²) in [5, 5.41) is 5.56. The van der Waals surface area contributed by atoms with E-state index in [1.54, 1.807) is 19.2 Å². The summed E-state index contributed by atoms with van der Waals surface area (Å²) in [5.74, 6) is 0.644. The zero-order valence-electron chi connectivity index (χ0n) is 11.1. The molecule has 6 heteroatoms. The molecule has 19 heavy (non-hydrogen) atoms. The van der Waals surface area contributed by atoms with Crippen molar-refractivity contribution in [1.82, 2.24) is 10.6 Å². The van der Waals surface area contributed by atoms with E-state index >= 15 is 0 Å². The fraction of sp³-hybridized carbons (Fsp3) is 0.385. The Morgan fingerprint density at radius 2 is 2.16 bits per heavy atom. The van der Waals surface area contributed by atoms with Gasteiger partial charge in [0.05, 0.1) is 12.2 Å². The van der Waals surface area contributed by atoms with Crippen LogP contribution in [-0.4, -0.2) is 24.7 Å². The maximum atomic E-state index is 12.1. The quantitative estimate of drug-likeness (QED) is 0.824. The van der Waals surface area contributed by atoms with E-state index in [0.29, 0.717) is 23.8 Å². The lowest BCUT2D eigenvalue weighted by molar-refractivity contribution is 0.0972. The van der Waals surface area contributed by atoms with Gasteiger partial charge in [0.1, 0.15) is 5.75 Å². The molecule has 1 aromatic carbocycles. The van der Waals surface area contributed by atoms with Crippen molar-refractivity contribution in [3.8, 4) is 5.75 Å². The minimum Gasteiger partial charge on any atom is -0.492 e. The Labute approximate surface area is 127 Å². The first-order chi connectivity index (χ1) is 8.93. The maximum absolute atomic E-state index is 12.1. The largest absolute Gasteiger partial charge is 0.492 e. The molecule has 0 aliphatic rings. The van der Waals surface area contributed by atoms with Crippen molar-refractivity contribution in [2.24, 2.45) is 5.92 Å². The van der Waals surface area contributed by atoms with Gasteiger partial charge in [-0.25, -0.2) is 0 Å². The van der Waals surface area contributed by atoms with Crippen molar-refractivity contribution < 1.29 is 9.53 Å². The molecule has 1 amide bonds. The van der Waals surface area contributed by atoms with E-state index in [1.165, 1.54) is 0 Å². The Morgan fingerprint density at radius 1 is 1.47 bits per heavy atom. The number of thiocarbonyl (C=S) groups is 1. The van der Waals surface area contributed by atoms with Crippen LogP contribution in [0, 0.1) is 5.92 Å². The highest BCUT2D eigenvalue weighted by atomic mass is 79.9. The molecular weight excluding hydrogens is 328 g/mol. The number of hydrogen-bond acceptors (Lipinski definition) is 3. The van der Waals surface area contributed by atoms with Gasteiger partial charge < -0.3 is 10.1 Å². The Balaban J connectivity index is 2.93. The Hall–Kier alpha value is -1.14. The van der Waals surface area contributed by atoms with E-state index in [-0.39, 0.29) is 11.0 Å². The number of rotatable bonds is 4. The number of hydrogen-bond donors (Lipinski definition) is 2. The van der Waals surface area contributed by atoms with E-state index in [4.69, 9.17) is 17.0 Å². The third-order valence-corrected chi connectivity index (χ3v) is 3.01. The monoisotopic (exact) mass is 344 g/mol. The molecule has 0 saturated heterocycles. The molecule has 0 saturated carbocycles. The molecule has 0 aromatic heterocycles. The van der Waals surface area contributed by atoms with Gasteiger partial charge in [-0.2, -0.15) is 0 Å². The normalized spacial score (nSPS) is 10.2. The van der Waals surface area contributed by atoms with Crippen LogP contribution in [0.5, 0.6) is 5.75 Å². The molecule has 0 bridgehead atoms. The second kappa shape index (κ2) is 7.45. The van der Waals surface area contributed by atoms with Gasteiger partial charge in [0, 0.05) is 11.5 Å². The van der Waals surface area contributed by atoms with Crippen LogP contribution in [0.3, 0.4) is 0 Å². The summed E-state index contributed by atoms with van der Waals surface area (Å²) >= 11 is 8.26. The van der Waals surface area contributed by atoms with Crippen LogP contribution < -0.4 is 15.4 Å². The number of amides is 1. The first kappa shape index (κ1) is 15.9. The first-order valence-corrected chi connectivity index (χ1v) is 7.09. The van der Waals surface area contributed by atoms with Crippen molar-refractivity contribution in [2.75, 3.05) is 13.7 Å². The van der Waals surface area contributed by atoms with E-state index in [2.05, 4.69) is 40.4 Å². The van der Waals surface area contributed by atoms with Gasteiger partial charge >= 0.3 is 0 Å². The van der Waals surface area contributed by atoms with Gasteiger partial charge in [0.15, 0.2) is 5.11 Å². The van der Waals surface area contributed by atoms with Gasteiger partial charge in [0.2, 0.25) is 0 Å². The summed E-state index contributed by atoms with van der Waals surface area (Å²) < 4.78 is 6.45. The minimum absolute atomic E-state index is 0.278. The number of carbonyl (C=O) groups is 1. The highest BCUT2D eigenvalue weighted by molar-refractivity contribution is 9.10.